The molecule has 6 heteroatoms. The number of rotatable bonds is 6. The van der Waals surface area contributed by atoms with Crippen LogP contribution in [0, 0.1) is 5.92 Å². The predicted octanol–water partition coefficient (Wildman–Crippen LogP) is 2.30. The van der Waals surface area contributed by atoms with Gasteiger partial charge in [0.25, 0.3) is 0 Å². The largest absolute Gasteiger partial charge is 0.492 e. The Hall–Kier alpha value is -1.30. The maximum Gasteiger partial charge on any atom is 0.231 e. The van der Waals surface area contributed by atoms with E-state index < -0.39 is 0 Å². The Morgan fingerprint density at radius 2 is 2.24 bits per heavy atom. The Morgan fingerprint density at radius 3 is 2.90 bits per heavy atom. The number of benzene rings is 1. The van der Waals surface area contributed by atoms with Crippen molar-refractivity contribution in [2.24, 2.45) is 5.92 Å². The smallest absolute Gasteiger partial charge is 0.231 e. The molecule has 2 unspecified atom stereocenters. The highest BCUT2D eigenvalue weighted by molar-refractivity contribution is 6.32. The fourth-order valence-corrected chi connectivity index (χ4v) is 2.60. The highest BCUT2D eigenvalue weighted by Gasteiger charge is 2.33. The van der Waals surface area contributed by atoms with Gasteiger partial charge >= 0.3 is 0 Å². The van der Waals surface area contributed by atoms with Crippen molar-refractivity contribution >= 4 is 23.2 Å². The van der Waals surface area contributed by atoms with Crippen LogP contribution in [0.5, 0.6) is 5.75 Å². The lowest BCUT2D eigenvalue weighted by Crippen LogP contribution is -2.41. The third kappa shape index (κ3) is 4.09. The molecule has 5 nitrogen and oxygen atoms in total. The van der Waals surface area contributed by atoms with Crippen molar-refractivity contribution in [2.75, 3.05) is 31.7 Å². The minimum absolute atomic E-state index is 0.0568. The van der Waals surface area contributed by atoms with E-state index in [4.69, 9.17) is 21.1 Å². The molecule has 1 fully saturated rings. The van der Waals surface area contributed by atoms with Gasteiger partial charge in [0.15, 0.2) is 0 Å². The molecule has 0 bridgehead atoms. The van der Waals surface area contributed by atoms with E-state index in [9.17, 15) is 4.79 Å². The standard InChI is InChI=1S/C15H21ClN2O3/c1-3-17-13-9-20-8-11(13)15(19)18-10-5-6-14(21-4-2)12(16)7-10/h5-7,11,13,17H,3-4,8-9H2,1-2H3,(H,18,19). The monoisotopic (exact) mass is 312 g/mol. The number of ether oxygens (including phenoxy) is 2. The van der Waals surface area contributed by atoms with E-state index in [0.717, 1.165) is 6.54 Å². The second-order valence-corrected chi connectivity index (χ2v) is 5.28. The maximum absolute atomic E-state index is 12.3. The number of hydrogen-bond acceptors (Lipinski definition) is 4. The molecule has 116 valence electrons. The van der Waals surface area contributed by atoms with Crippen LogP contribution in [-0.4, -0.2) is 38.3 Å². The first kappa shape index (κ1) is 16.1. The zero-order valence-electron chi connectivity index (χ0n) is 12.3. The molecule has 2 atom stereocenters. The zero-order chi connectivity index (χ0) is 15.2. The molecule has 1 aliphatic rings. The van der Waals surface area contributed by atoms with Crippen LogP contribution >= 0.6 is 11.6 Å². The fourth-order valence-electron chi connectivity index (χ4n) is 2.36. The zero-order valence-corrected chi connectivity index (χ0v) is 13.1. The molecule has 21 heavy (non-hydrogen) atoms. The average Bonchev–Trinajstić information content (AvgIpc) is 2.91. The van der Waals surface area contributed by atoms with E-state index in [0.29, 0.717) is 36.3 Å². The summed E-state index contributed by atoms with van der Waals surface area (Å²) in [5.41, 5.74) is 0.663. The number of carbonyl (C=O) groups excluding carboxylic acids is 1. The number of hydrogen-bond donors (Lipinski definition) is 2. The van der Waals surface area contributed by atoms with Gasteiger partial charge in [-0.1, -0.05) is 18.5 Å². The van der Waals surface area contributed by atoms with Gasteiger partial charge in [0.2, 0.25) is 5.91 Å². The molecule has 1 amide bonds. The summed E-state index contributed by atoms with van der Waals surface area (Å²) in [6.07, 6.45) is 0. The molecule has 0 spiro atoms. The Labute approximate surface area is 130 Å². The number of nitrogens with one attached hydrogen (secondary N) is 2. The summed E-state index contributed by atoms with van der Waals surface area (Å²) < 4.78 is 10.8. The van der Waals surface area contributed by atoms with Crippen molar-refractivity contribution in [3.05, 3.63) is 23.2 Å². The SMILES string of the molecule is CCNC1COCC1C(=O)Nc1ccc(OCC)c(Cl)c1. The van der Waals surface area contributed by atoms with Gasteiger partial charge in [-0.15, -0.1) is 0 Å². The highest BCUT2D eigenvalue weighted by atomic mass is 35.5. The number of carbonyl (C=O) groups is 1. The summed E-state index contributed by atoms with van der Waals surface area (Å²) in [7, 11) is 0. The molecular weight excluding hydrogens is 292 g/mol. The molecule has 0 radical (unpaired) electrons. The van der Waals surface area contributed by atoms with Crippen LogP contribution in [0.4, 0.5) is 5.69 Å². The van der Waals surface area contributed by atoms with E-state index in [1.165, 1.54) is 0 Å². The van der Waals surface area contributed by atoms with Gasteiger partial charge in [-0.2, -0.15) is 0 Å². The third-order valence-corrected chi connectivity index (χ3v) is 3.68. The lowest BCUT2D eigenvalue weighted by Gasteiger charge is -2.18. The molecular formula is C15H21ClN2O3. The molecule has 2 N–H and O–H groups in total. The molecule has 1 saturated heterocycles. The minimum atomic E-state index is -0.185. The third-order valence-electron chi connectivity index (χ3n) is 3.38. The van der Waals surface area contributed by atoms with Crippen molar-refractivity contribution < 1.29 is 14.3 Å². The summed E-state index contributed by atoms with van der Waals surface area (Å²) in [6.45, 7) is 6.28. The van der Waals surface area contributed by atoms with Gasteiger partial charge in [0, 0.05) is 11.7 Å². The highest BCUT2D eigenvalue weighted by Crippen LogP contribution is 2.28. The second kappa shape index (κ2) is 7.64. The Kier molecular flexibility index (Phi) is 5.85. The normalized spacial score (nSPS) is 21.3. The molecule has 0 aliphatic carbocycles. The topological polar surface area (TPSA) is 59.6 Å². The van der Waals surface area contributed by atoms with Gasteiger partial charge in [0.1, 0.15) is 5.75 Å². The van der Waals surface area contributed by atoms with Gasteiger partial charge in [-0.25, -0.2) is 0 Å². The molecule has 0 aromatic heterocycles. The molecule has 1 aromatic carbocycles. The quantitative estimate of drug-likeness (QED) is 0.846. The summed E-state index contributed by atoms with van der Waals surface area (Å²) in [4.78, 5) is 12.3. The van der Waals surface area contributed by atoms with Crippen molar-refractivity contribution in [3.63, 3.8) is 0 Å². The second-order valence-electron chi connectivity index (χ2n) is 4.88. The minimum Gasteiger partial charge on any atom is -0.492 e. The Bertz CT molecular complexity index is 496. The van der Waals surface area contributed by atoms with Crippen molar-refractivity contribution in [1.82, 2.24) is 5.32 Å². The average molecular weight is 313 g/mol. The lowest BCUT2D eigenvalue weighted by atomic mass is 10.0. The van der Waals surface area contributed by atoms with Crippen LogP contribution in [-0.2, 0) is 9.53 Å². The molecule has 1 aromatic rings. The van der Waals surface area contributed by atoms with E-state index in [1.807, 2.05) is 13.8 Å². The molecule has 1 aliphatic heterocycles. The molecule has 2 rings (SSSR count). The van der Waals surface area contributed by atoms with Crippen LogP contribution in [0.3, 0.4) is 0 Å². The van der Waals surface area contributed by atoms with Gasteiger partial charge in [-0.3, -0.25) is 4.79 Å². The Balaban J connectivity index is 2.00. The van der Waals surface area contributed by atoms with E-state index in [2.05, 4.69) is 10.6 Å². The summed E-state index contributed by atoms with van der Waals surface area (Å²) in [5, 5.41) is 6.64. The summed E-state index contributed by atoms with van der Waals surface area (Å²) in [5.74, 6) is 0.376. The van der Waals surface area contributed by atoms with Crippen LogP contribution in [0.2, 0.25) is 5.02 Å². The molecule has 1 heterocycles. The van der Waals surface area contributed by atoms with E-state index in [-0.39, 0.29) is 17.9 Å². The van der Waals surface area contributed by atoms with Crippen LogP contribution < -0.4 is 15.4 Å². The van der Waals surface area contributed by atoms with Crippen LogP contribution in [0.15, 0.2) is 18.2 Å². The first-order valence-electron chi connectivity index (χ1n) is 7.20. The summed E-state index contributed by atoms with van der Waals surface area (Å²) >= 11 is 6.12. The predicted molar refractivity (Wildman–Crippen MR) is 83.0 cm³/mol. The van der Waals surface area contributed by atoms with Crippen LogP contribution in [0.25, 0.3) is 0 Å². The Morgan fingerprint density at radius 1 is 1.43 bits per heavy atom. The molecule has 0 saturated carbocycles. The number of halogens is 1. The lowest BCUT2D eigenvalue weighted by molar-refractivity contribution is -0.120. The van der Waals surface area contributed by atoms with Crippen molar-refractivity contribution in [1.29, 1.82) is 0 Å². The fraction of sp³-hybridized carbons (Fsp3) is 0.533. The van der Waals surface area contributed by atoms with Crippen molar-refractivity contribution in [3.8, 4) is 5.75 Å². The van der Waals surface area contributed by atoms with Gasteiger partial charge < -0.3 is 20.1 Å². The number of amides is 1. The van der Waals surface area contributed by atoms with Gasteiger partial charge in [0.05, 0.1) is 30.8 Å². The van der Waals surface area contributed by atoms with Gasteiger partial charge in [-0.05, 0) is 31.7 Å². The maximum atomic E-state index is 12.3. The number of anilines is 1. The number of likely N-dealkylation sites (N-methyl/N-ethyl adjacent to an activating group) is 1. The van der Waals surface area contributed by atoms with Crippen LogP contribution in [0.1, 0.15) is 13.8 Å². The van der Waals surface area contributed by atoms with E-state index in [1.54, 1.807) is 18.2 Å². The first-order chi connectivity index (χ1) is 10.2. The van der Waals surface area contributed by atoms with Crippen molar-refractivity contribution in [2.45, 2.75) is 19.9 Å². The van der Waals surface area contributed by atoms with E-state index >= 15 is 0 Å². The first-order valence-corrected chi connectivity index (χ1v) is 7.57. The summed E-state index contributed by atoms with van der Waals surface area (Å²) in [6, 6.07) is 5.30.